The topological polar surface area (TPSA) is 55.4 Å². The molecule has 0 heterocycles. The van der Waals surface area contributed by atoms with Gasteiger partial charge in [0.1, 0.15) is 0 Å². The first kappa shape index (κ1) is 12.1. The van der Waals surface area contributed by atoms with Gasteiger partial charge in [-0.1, -0.05) is 12.1 Å². The molecule has 0 atom stereocenters. The first-order valence-corrected chi connectivity index (χ1v) is 5.50. The van der Waals surface area contributed by atoms with Crippen LogP contribution in [0.4, 0.5) is 5.69 Å². The van der Waals surface area contributed by atoms with Crippen molar-refractivity contribution in [3.63, 3.8) is 0 Å². The number of fused-ring (bicyclic) bond motifs is 1. The molecule has 0 bridgehead atoms. The molecule has 0 radical (unpaired) electrons. The van der Waals surface area contributed by atoms with E-state index in [0.29, 0.717) is 5.56 Å². The maximum atomic E-state index is 11.4. The molecule has 2 aromatic carbocycles. The molecule has 0 saturated carbocycles. The Morgan fingerprint density at radius 2 is 1.72 bits per heavy atom. The van der Waals surface area contributed by atoms with Crippen LogP contribution in [0.5, 0.6) is 0 Å². The van der Waals surface area contributed by atoms with Gasteiger partial charge in [-0.05, 0) is 35.0 Å². The number of benzene rings is 2. The molecule has 0 unspecified atom stereocenters. The number of ether oxygens (including phenoxy) is 1. The number of carbonyl (C=O) groups is 2. The predicted molar refractivity (Wildman–Crippen MR) is 69.6 cm³/mol. The van der Waals surface area contributed by atoms with Crippen molar-refractivity contribution in [2.75, 3.05) is 12.4 Å². The van der Waals surface area contributed by atoms with E-state index < -0.39 is 0 Å². The molecular weight excluding hydrogens is 230 g/mol. The Morgan fingerprint density at radius 3 is 2.39 bits per heavy atom. The third-order valence-corrected chi connectivity index (χ3v) is 2.58. The lowest BCUT2D eigenvalue weighted by atomic mass is 10.1. The Morgan fingerprint density at radius 1 is 1.06 bits per heavy atom. The van der Waals surface area contributed by atoms with E-state index in [1.54, 1.807) is 18.2 Å². The Kier molecular flexibility index (Phi) is 3.28. The normalized spacial score (nSPS) is 10.1. The van der Waals surface area contributed by atoms with E-state index in [1.807, 2.05) is 18.2 Å². The fourth-order valence-electron chi connectivity index (χ4n) is 1.77. The molecule has 18 heavy (non-hydrogen) atoms. The van der Waals surface area contributed by atoms with E-state index in [9.17, 15) is 9.59 Å². The zero-order valence-corrected chi connectivity index (χ0v) is 10.2. The molecule has 0 aromatic heterocycles. The number of nitrogens with one attached hydrogen (secondary N) is 1. The van der Waals surface area contributed by atoms with E-state index in [4.69, 9.17) is 0 Å². The fraction of sp³-hybridized carbons (Fsp3) is 0.143. The van der Waals surface area contributed by atoms with E-state index in [2.05, 4.69) is 10.1 Å². The number of amides is 1. The van der Waals surface area contributed by atoms with Crippen molar-refractivity contribution in [2.45, 2.75) is 6.92 Å². The van der Waals surface area contributed by atoms with Crippen LogP contribution in [0.2, 0.25) is 0 Å². The number of esters is 1. The quantitative estimate of drug-likeness (QED) is 0.825. The lowest BCUT2D eigenvalue weighted by molar-refractivity contribution is -0.114. The summed E-state index contributed by atoms with van der Waals surface area (Å²) in [4.78, 5) is 22.3. The zero-order valence-electron chi connectivity index (χ0n) is 10.2. The summed E-state index contributed by atoms with van der Waals surface area (Å²) in [6.45, 7) is 1.46. The zero-order chi connectivity index (χ0) is 13.1. The van der Waals surface area contributed by atoms with Crippen molar-refractivity contribution >= 4 is 28.3 Å². The standard InChI is InChI=1S/C14H13NO3/c1-9(16)15-13-6-5-10-7-12(14(17)18-2)4-3-11(10)8-13/h3-8H,1-2H3,(H,15,16). The van der Waals surface area contributed by atoms with Crippen molar-refractivity contribution in [2.24, 2.45) is 0 Å². The van der Waals surface area contributed by atoms with Crippen molar-refractivity contribution in [1.82, 2.24) is 0 Å². The van der Waals surface area contributed by atoms with Gasteiger partial charge in [-0.25, -0.2) is 4.79 Å². The van der Waals surface area contributed by atoms with Crippen molar-refractivity contribution in [3.8, 4) is 0 Å². The summed E-state index contributed by atoms with van der Waals surface area (Å²) in [5.41, 5.74) is 1.25. The average molecular weight is 243 g/mol. The summed E-state index contributed by atoms with van der Waals surface area (Å²) in [6.07, 6.45) is 0. The first-order valence-electron chi connectivity index (χ1n) is 5.50. The second-order valence-electron chi connectivity index (χ2n) is 3.95. The molecule has 2 rings (SSSR count). The van der Waals surface area contributed by atoms with Gasteiger partial charge in [0.05, 0.1) is 12.7 Å². The monoisotopic (exact) mass is 243 g/mol. The minimum atomic E-state index is -0.358. The van der Waals surface area contributed by atoms with Gasteiger partial charge >= 0.3 is 5.97 Å². The van der Waals surface area contributed by atoms with Gasteiger partial charge in [0.25, 0.3) is 0 Å². The Hall–Kier alpha value is -2.36. The highest BCUT2D eigenvalue weighted by atomic mass is 16.5. The SMILES string of the molecule is COC(=O)c1ccc2cc(NC(C)=O)ccc2c1. The summed E-state index contributed by atoms with van der Waals surface area (Å²) in [5, 5.41) is 4.59. The van der Waals surface area contributed by atoms with Gasteiger partial charge in [-0.15, -0.1) is 0 Å². The summed E-state index contributed by atoms with van der Waals surface area (Å²) in [7, 11) is 1.35. The van der Waals surface area contributed by atoms with Gasteiger partial charge in [-0.2, -0.15) is 0 Å². The minimum Gasteiger partial charge on any atom is -0.465 e. The molecule has 0 saturated heterocycles. The van der Waals surface area contributed by atoms with E-state index in [-0.39, 0.29) is 11.9 Å². The highest BCUT2D eigenvalue weighted by molar-refractivity contribution is 5.97. The predicted octanol–water partition coefficient (Wildman–Crippen LogP) is 2.58. The van der Waals surface area contributed by atoms with E-state index in [0.717, 1.165) is 16.5 Å². The van der Waals surface area contributed by atoms with Gasteiger partial charge in [0.2, 0.25) is 5.91 Å². The number of methoxy groups -OCH3 is 1. The van der Waals surface area contributed by atoms with Crippen molar-refractivity contribution in [3.05, 3.63) is 42.0 Å². The average Bonchev–Trinajstić information content (AvgIpc) is 2.36. The largest absolute Gasteiger partial charge is 0.465 e. The van der Waals surface area contributed by atoms with E-state index in [1.165, 1.54) is 14.0 Å². The van der Waals surface area contributed by atoms with Gasteiger partial charge in [0, 0.05) is 12.6 Å². The molecule has 1 amide bonds. The maximum absolute atomic E-state index is 11.4. The Balaban J connectivity index is 2.41. The van der Waals surface area contributed by atoms with Crippen molar-refractivity contribution in [1.29, 1.82) is 0 Å². The fourth-order valence-corrected chi connectivity index (χ4v) is 1.77. The molecule has 2 aromatic rings. The lowest BCUT2D eigenvalue weighted by Crippen LogP contribution is -2.05. The van der Waals surface area contributed by atoms with Crippen LogP contribution >= 0.6 is 0 Å². The third-order valence-electron chi connectivity index (χ3n) is 2.58. The highest BCUT2D eigenvalue weighted by Crippen LogP contribution is 2.21. The Bertz CT molecular complexity index is 619. The van der Waals surface area contributed by atoms with Crippen LogP contribution in [0.1, 0.15) is 17.3 Å². The number of hydrogen-bond donors (Lipinski definition) is 1. The smallest absolute Gasteiger partial charge is 0.337 e. The van der Waals surface area contributed by atoms with Crippen molar-refractivity contribution < 1.29 is 14.3 Å². The summed E-state index contributed by atoms with van der Waals surface area (Å²) < 4.78 is 4.67. The lowest BCUT2D eigenvalue weighted by Gasteiger charge is -2.05. The molecule has 0 aliphatic rings. The molecule has 0 fully saturated rings. The van der Waals surface area contributed by atoms with Crippen LogP contribution < -0.4 is 5.32 Å². The van der Waals surface area contributed by atoms with Crippen LogP contribution in [0.15, 0.2) is 36.4 Å². The summed E-state index contributed by atoms with van der Waals surface area (Å²) in [6, 6.07) is 10.8. The number of carbonyl (C=O) groups excluding carboxylic acids is 2. The maximum Gasteiger partial charge on any atom is 0.337 e. The molecule has 0 aliphatic carbocycles. The number of anilines is 1. The van der Waals surface area contributed by atoms with Crippen LogP contribution in [-0.2, 0) is 9.53 Å². The molecule has 0 spiro atoms. The second-order valence-corrected chi connectivity index (χ2v) is 3.95. The molecular formula is C14H13NO3. The number of rotatable bonds is 2. The summed E-state index contributed by atoms with van der Waals surface area (Å²) >= 11 is 0. The van der Waals surface area contributed by atoms with Crippen LogP contribution in [0, 0.1) is 0 Å². The van der Waals surface area contributed by atoms with Crippen LogP contribution in [0.3, 0.4) is 0 Å². The third kappa shape index (κ3) is 2.48. The molecule has 4 nitrogen and oxygen atoms in total. The van der Waals surface area contributed by atoms with E-state index >= 15 is 0 Å². The molecule has 0 aliphatic heterocycles. The highest BCUT2D eigenvalue weighted by Gasteiger charge is 2.06. The first-order chi connectivity index (χ1) is 8.60. The molecule has 4 heteroatoms. The van der Waals surface area contributed by atoms with Gasteiger partial charge in [0.15, 0.2) is 0 Å². The molecule has 92 valence electrons. The van der Waals surface area contributed by atoms with Crippen LogP contribution in [0.25, 0.3) is 10.8 Å². The minimum absolute atomic E-state index is 0.111. The summed E-state index contributed by atoms with van der Waals surface area (Å²) in [5.74, 6) is -0.469. The second kappa shape index (κ2) is 4.87. The Labute approximate surface area is 105 Å². The van der Waals surface area contributed by atoms with Gasteiger partial charge in [-0.3, -0.25) is 4.79 Å². The molecule has 1 N–H and O–H groups in total. The van der Waals surface area contributed by atoms with Crippen LogP contribution in [-0.4, -0.2) is 19.0 Å². The van der Waals surface area contributed by atoms with Gasteiger partial charge < -0.3 is 10.1 Å². The number of hydrogen-bond acceptors (Lipinski definition) is 3.